The molecule has 1 aromatic rings. The molecule has 2 unspecified atom stereocenters. The van der Waals surface area contributed by atoms with Crippen molar-refractivity contribution in [2.45, 2.75) is 38.4 Å². The van der Waals surface area contributed by atoms with Gasteiger partial charge in [-0.2, -0.15) is 5.06 Å². The van der Waals surface area contributed by atoms with Gasteiger partial charge in [0.2, 0.25) is 5.71 Å². The molecule has 1 aromatic carbocycles. The Morgan fingerprint density at radius 3 is 2.50 bits per heavy atom. The van der Waals surface area contributed by atoms with E-state index in [4.69, 9.17) is 19.0 Å². The standard InChI is InChI=1S/C24H31N5O10S/c1-5-37-18(30)9-8-15-12-16(21-25-10-7-11-26-21)14-17(13-15)39-22-20(29(32)33)19(23(31)38-6-2)27-24(28(22)36-3)40(4,34)35/h7,10,12-14,21,24-26H,5-6,8-9,11H2,1-4H3. The zero-order valence-corrected chi connectivity index (χ0v) is 23.2. The van der Waals surface area contributed by atoms with E-state index >= 15 is 0 Å². The van der Waals surface area contributed by atoms with Gasteiger partial charge in [-0.1, -0.05) is 12.1 Å². The minimum atomic E-state index is -4.11. The maximum absolute atomic E-state index is 12.6. The Hall–Kier alpha value is -4.02. The van der Waals surface area contributed by atoms with Crippen LogP contribution in [-0.2, 0) is 40.2 Å². The summed E-state index contributed by atoms with van der Waals surface area (Å²) in [5, 5.41) is 19.1. The monoisotopic (exact) mass is 581 g/mol. The van der Waals surface area contributed by atoms with Crippen molar-refractivity contribution in [1.29, 1.82) is 0 Å². The molecule has 2 atom stereocenters. The zero-order valence-electron chi connectivity index (χ0n) is 22.4. The molecule has 40 heavy (non-hydrogen) atoms. The summed E-state index contributed by atoms with van der Waals surface area (Å²) in [6.07, 6.45) is 4.39. The lowest BCUT2D eigenvalue weighted by molar-refractivity contribution is -0.421. The molecule has 3 rings (SSSR count). The Morgan fingerprint density at radius 2 is 1.93 bits per heavy atom. The highest BCUT2D eigenvalue weighted by Gasteiger charge is 2.47. The van der Waals surface area contributed by atoms with Gasteiger partial charge < -0.3 is 19.5 Å². The van der Waals surface area contributed by atoms with Gasteiger partial charge in [0.1, 0.15) is 11.9 Å². The third-order valence-corrected chi connectivity index (χ3v) is 6.64. The molecule has 0 amide bonds. The summed E-state index contributed by atoms with van der Waals surface area (Å²) in [5.41, 5.74) is -2.39. The second-order valence-electron chi connectivity index (χ2n) is 8.50. The van der Waals surface area contributed by atoms with Crippen LogP contribution in [0, 0.1) is 10.1 Å². The normalized spacial score (nSPS) is 19.0. The molecule has 2 N–H and O–H groups in total. The van der Waals surface area contributed by atoms with Gasteiger partial charge in [0, 0.05) is 19.2 Å². The summed E-state index contributed by atoms with van der Waals surface area (Å²) >= 11 is 0. The van der Waals surface area contributed by atoms with Crippen LogP contribution in [0.25, 0.3) is 0 Å². The smallest absolute Gasteiger partial charge is 0.364 e. The molecule has 0 saturated heterocycles. The Balaban J connectivity index is 2.14. The summed E-state index contributed by atoms with van der Waals surface area (Å²) in [6, 6.07) is 4.92. The third-order valence-electron chi connectivity index (χ3n) is 5.58. The Labute approximate surface area is 230 Å². The first kappa shape index (κ1) is 30.5. The fourth-order valence-corrected chi connectivity index (χ4v) is 4.74. The number of nitro groups is 1. The molecule has 0 fully saturated rings. The maximum atomic E-state index is 12.6. The number of hydrogen-bond acceptors (Lipinski definition) is 14. The molecule has 0 spiro atoms. The number of carbonyl (C=O) groups is 2. The minimum absolute atomic E-state index is 0.0447. The number of sulfone groups is 1. The summed E-state index contributed by atoms with van der Waals surface area (Å²) in [4.78, 5) is 44.8. The summed E-state index contributed by atoms with van der Waals surface area (Å²) in [7, 11) is -3.03. The van der Waals surface area contributed by atoms with Crippen molar-refractivity contribution in [2.24, 2.45) is 4.99 Å². The Bertz CT molecular complexity index is 1340. The third kappa shape index (κ3) is 7.34. The molecule has 0 aromatic heterocycles. The summed E-state index contributed by atoms with van der Waals surface area (Å²) in [5.74, 6) is -2.26. The molecule has 15 nitrogen and oxygen atoms in total. The lowest BCUT2D eigenvalue weighted by atomic mass is 10.0. The van der Waals surface area contributed by atoms with E-state index in [-0.39, 0.29) is 38.0 Å². The summed E-state index contributed by atoms with van der Waals surface area (Å²) in [6.45, 7) is 3.83. The average molecular weight is 582 g/mol. The van der Waals surface area contributed by atoms with Crippen molar-refractivity contribution < 1.29 is 42.0 Å². The predicted molar refractivity (Wildman–Crippen MR) is 141 cm³/mol. The quantitative estimate of drug-likeness (QED) is 0.202. The van der Waals surface area contributed by atoms with Gasteiger partial charge >= 0.3 is 23.5 Å². The number of aliphatic imine (C=N–C) groups is 1. The number of rotatable bonds is 12. The number of hydroxylamine groups is 2. The van der Waals surface area contributed by atoms with Gasteiger partial charge in [0.05, 0.1) is 25.2 Å². The second kappa shape index (κ2) is 13.4. The van der Waals surface area contributed by atoms with E-state index in [2.05, 4.69) is 15.6 Å². The molecule has 218 valence electrons. The fraction of sp³-hybridized carbons (Fsp3) is 0.458. The first-order valence-corrected chi connectivity index (χ1v) is 14.2. The average Bonchev–Trinajstić information content (AvgIpc) is 2.91. The van der Waals surface area contributed by atoms with Crippen molar-refractivity contribution >= 4 is 27.5 Å². The molecule has 0 aliphatic carbocycles. The predicted octanol–water partition coefficient (Wildman–Crippen LogP) is 0.921. The zero-order chi connectivity index (χ0) is 29.4. The topological polar surface area (TPSA) is 188 Å². The molecular weight excluding hydrogens is 550 g/mol. The van der Waals surface area contributed by atoms with E-state index in [1.165, 1.54) is 13.0 Å². The highest BCUT2D eigenvalue weighted by molar-refractivity contribution is 7.91. The van der Waals surface area contributed by atoms with Crippen LogP contribution in [-0.4, -0.2) is 74.7 Å². The number of hydrogen-bond donors (Lipinski definition) is 2. The van der Waals surface area contributed by atoms with Gasteiger partial charge in [-0.25, -0.2) is 18.2 Å². The number of carbonyl (C=O) groups excluding carboxylic acids is 2. The van der Waals surface area contributed by atoms with Gasteiger partial charge in [-0.3, -0.25) is 25.1 Å². The first-order chi connectivity index (χ1) is 19.0. The minimum Gasteiger partial charge on any atom is -0.466 e. The molecule has 2 heterocycles. The van der Waals surface area contributed by atoms with Crippen LogP contribution < -0.4 is 15.4 Å². The maximum Gasteiger partial charge on any atom is 0.364 e. The van der Waals surface area contributed by atoms with Gasteiger partial charge in [-0.05, 0) is 49.7 Å². The number of benzene rings is 1. The van der Waals surface area contributed by atoms with E-state index in [1.54, 1.807) is 19.2 Å². The SMILES string of the molecule is CCOC(=O)CCc1cc(OC2=C([N+](=O)[O-])C(C(=O)OCC)=NC(S(C)(=O)=O)N2OC)cc(C2NC=CCN2)c1. The molecule has 0 bridgehead atoms. The van der Waals surface area contributed by atoms with E-state index in [0.717, 1.165) is 13.4 Å². The number of aryl methyl sites for hydroxylation is 1. The van der Waals surface area contributed by atoms with Crippen molar-refractivity contribution in [3.8, 4) is 5.75 Å². The largest absolute Gasteiger partial charge is 0.466 e. The lowest BCUT2D eigenvalue weighted by Crippen LogP contribution is -2.47. The van der Waals surface area contributed by atoms with Gasteiger partial charge in [0.15, 0.2) is 9.84 Å². The Morgan fingerprint density at radius 1 is 1.20 bits per heavy atom. The van der Waals surface area contributed by atoms with E-state index < -0.39 is 49.5 Å². The van der Waals surface area contributed by atoms with Crippen LogP contribution in [0.1, 0.15) is 37.6 Å². The number of nitrogens with one attached hydrogen (secondary N) is 2. The molecule has 0 radical (unpaired) electrons. The van der Waals surface area contributed by atoms with Crippen LogP contribution in [0.5, 0.6) is 5.75 Å². The highest BCUT2D eigenvalue weighted by Crippen LogP contribution is 2.31. The van der Waals surface area contributed by atoms with Crippen LogP contribution in [0.2, 0.25) is 0 Å². The van der Waals surface area contributed by atoms with E-state index in [1.807, 2.05) is 12.1 Å². The van der Waals surface area contributed by atoms with Crippen LogP contribution in [0.4, 0.5) is 0 Å². The van der Waals surface area contributed by atoms with Crippen LogP contribution in [0.3, 0.4) is 0 Å². The van der Waals surface area contributed by atoms with Crippen molar-refractivity contribution in [1.82, 2.24) is 15.7 Å². The van der Waals surface area contributed by atoms with Crippen molar-refractivity contribution in [3.63, 3.8) is 0 Å². The van der Waals surface area contributed by atoms with Crippen LogP contribution >= 0.6 is 0 Å². The van der Waals surface area contributed by atoms with Gasteiger partial charge in [0.25, 0.3) is 5.50 Å². The fourth-order valence-electron chi connectivity index (χ4n) is 3.91. The van der Waals surface area contributed by atoms with E-state index in [9.17, 15) is 28.1 Å². The van der Waals surface area contributed by atoms with Gasteiger partial charge in [-0.15, -0.1) is 0 Å². The van der Waals surface area contributed by atoms with Crippen molar-refractivity contribution in [2.75, 3.05) is 33.1 Å². The van der Waals surface area contributed by atoms with E-state index in [0.29, 0.717) is 22.7 Å². The Kier molecular flexibility index (Phi) is 10.2. The summed E-state index contributed by atoms with van der Waals surface area (Å²) < 4.78 is 41.0. The molecule has 2 aliphatic heterocycles. The lowest BCUT2D eigenvalue weighted by Gasteiger charge is -2.31. The number of ether oxygens (including phenoxy) is 3. The second-order valence-corrected chi connectivity index (χ2v) is 10.6. The van der Waals surface area contributed by atoms with Crippen LogP contribution in [0.15, 0.2) is 47.0 Å². The number of esters is 2. The number of nitrogens with zero attached hydrogens (tertiary/aromatic N) is 3. The molecule has 0 saturated carbocycles. The molecule has 16 heteroatoms. The molecular formula is C24H31N5O10S. The van der Waals surface area contributed by atoms with Crippen molar-refractivity contribution in [3.05, 3.63) is 63.3 Å². The highest BCUT2D eigenvalue weighted by atomic mass is 32.2. The molecule has 2 aliphatic rings. The first-order valence-electron chi connectivity index (χ1n) is 12.3.